The van der Waals surface area contributed by atoms with E-state index in [1.807, 2.05) is 38.2 Å². The van der Waals surface area contributed by atoms with Gasteiger partial charge in [0.15, 0.2) is 17.5 Å². The molecule has 2 aromatic heterocycles. The molecule has 0 bridgehead atoms. The maximum Gasteiger partial charge on any atom is 0.264 e. The fourth-order valence-electron chi connectivity index (χ4n) is 2.04. The number of benzene rings is 1. The van der Waals surface area contributed by atoms with Crippen molar-refractivity contribution in [2.45, 2.75) is 6.92 Å². The molecular weight excluding hydrogens is 314 g/mol. The predicted molar refractivity (Wildman–Crippen MR) is 90.2 cm³/mol. The fourth-order valence-corrected chi connectivity index (χ4v) is 2.92. The average molecular weight is 329 g/mol. The number of hydrogen-bond acceptors (Lipinski definition) is 5. The van der Waals surface area contributed by atoms with Crippen molar-refractivity contribution in [3.63, 3.8) is 0 Å². The highest BCUT2D eigenvalue weighted by molar-refractivity contribution is 7.22. The summed E-state index contributed by atoms with van der Waals surface area (Å²) in [4.78, 5) is 28.1. The number of nitrogens with one attached hydrogen (secondary N) is 1. The second-order valence-corrected chi connectivity index (χ2v) is 6.11. The number of thiazole rings is 1. The highest BCUT2D eigenvalue weighted by Crippen LogP contribution is 2.25. The van der Waals surface area contributed by atoms with Crippen molar-refractivity contribution in [2.24, 2.45) is 7.05 Å². The van der Waals surface area contributed by atoms with Crippen LogP contribution in [-0.2, 0) is 11.8 Å². The summed E-state index contributed by atoms with van der Waals surface area (Å²) in [5, 5.41) is 3.19. The van der Waals surface area contributed by atoms with Crippen molar-refractivity contribution in [3.8, 4) is 5.75 Å². The van der Waals surface area contributed by atoms with Crippen LogP contribution in [0.15, 0.2) is 41.3 Å². The normalized spacial score (nSPS) is 10.7. The average Bonchev–Trinajstić information content (AvgIpc) is 2.91. The SMILES string of the molecule is Cc1cc(=O)c(OCC(=O)Nc2nc3ccccc3s2)cn1C. The van der Waals surface area contributed by atoms with E-state index in [1.54, 1.807) is 10.8 Å². The molecule has 0 aliphatic rings. The lowest BCUT2D eigenvalue weighted by molar-refractivity contribution is -0.118. The summed E-state index contributed by atoms with van der Waals surface area (Å²) >= 11 is 1.39. The molecule has 6 nitrogen and oxygen atoms in total. The Bertz CT molecular complexity index is 897. The van der Waals surface area contributed by atoms with Gasteiger partial charge in [-0.2, -0.15) is 0 Å². The van der Waals surface area contributed by atoms with Crippen molar-refractivity contribution in [3.05, 3.63) is 52.4 Å². The number of hydrogen-bond donors (Lipinski definition) is 1. The number of pyridine rings is 1. The molecule has 0 saturated carbocycles. The first-order valence-corrected chi connectivity index (χ1v) is 7.80. The van der Waals surface area contributed by atoms with Crippen LogP contribution >= 0.6 is 11.3 Å². The van der Waals surface area contributed by atoms with Crippen molar-refractivity contribution < 1.29 is 9.53 Å². The molecule has 0 fully saturated rings. The Kier molecular flexibility index (Phi) is 4.12. The van der Waals surface area contributed by atoms with Crippen molar-refractivity contribution in [2.75, 3.05) is 11.9 Å². The zero-order valence-electron chi connectivity index (χ0n) is 12.7. The van der Waals surface area contributed by atoms with Crippen LogP contribution in [0.25, 0.3) is 10.2 Å². The number of amides is 1. The minimum Gasteiger partial charge on any atom is -0.478 e. The van der Waals surface area contributed by atoms with Crippen LogP contribution in [0, 0.1) is 6.92 Å². The number of carbonyl (C=O) groups excluding carboxylic acids is 1. The maximum atomic E-state index is 11.9. The van der Waals surface area contributed by atoms with Gasteiger partial charge in [-0.05, 0) is 19.1 Å². The summed E-state index contributed by atoms with van der Waals surface area (Å²) in [5.74, 6) is -0.204. The van der Waals surface area contributed by atoms with Crippen LogP contribution in [0.4, 0.5) is 5.13 Å². The van der Waals surface area contributed by atoms with Crippen LogP contribution in [-0.4, -0.2) is 22.1 Å². The molecule has 1 amide bonds. The first kappa shape index (κ1) is 15.2. The third-order valence-electron chi connectivity index (χ3n) is 3.35. The number of fused-ring (bicyclic) bond motifs is 1. The molecule has 1 aromatic carbocycles. The van der Waals surface area contributed by atoms with Crippen LogP contribution in [0.5, 0.6) is 5.75 Å². The number of nitrogens with zero attached hydrogens (tertiary/aromatic N) is 2. The van der Waals surface area contributed by atoms with Crippen molar-refractivity contribution >= 4 is 32.6 Å². The molecule has 0 radical (unpaired) electrons. The second kappa shape index (κ2) is 6.21. The molecular formula is C16H15N3O3S. The van der Waals surface area contributed by atoms with Crippen molar-refractivity contribution in [1.29, 1.82) is 0 Å². The fraction of sp³-hybridized carbons (Fsp3) is 0.188. The molecule has 1 N–H and O–H groups in total. The molecule has 0 unspecified atom stereocenters. The van der Waals surface area contributed by atoms with Gasteiger partial charge in [0, 0.05) is 25.0 Å². The smallest absolute Gasteiger partial charge is 0.264 e. The monoisotopic (exact) mass is 329 g/mol. The number of carbonyl (C=O) groups is 1. The Morgan fingerprint density at radius 3 is 2.96 bits per heavy atom. The topological polar surface area (TPSA) is 73.2 Å². The zero-order chi connectivity index (χ0) is 16.4. The molecule has 0 spiro atoms. The van der Waals surface area contributed by atoms with Crippen LogP contribution in [0.1, 0.15) is 5.69 Å². The van der Waals surface area contributed by atoms with Crippen LogP contribution in [0.2, 0.25) is 0 Å². The molecule has 0 saturated heterocycles. The van der Waals surface area contributed by atoms with Crippen LogP contribution in [0.3, 0.4) is 0 Å². The van der Waals surface area contributed by atoms with Gasteiger partial charge in [-0.1, -0.05) is 23.5 Å². The Labute approximate surface area is 136 Å². The number of aromatic nitrogens is 2. The van der Waals surface area contributed by atoms with E-state index in [2.05, 4.69) is 10.3 Å². The number of anilines is 1. The summed E-state index contributed by atoms with van der Waals surface area (Å²) in [6, 6.07) is 9.11. The molecule has 23 heavy (non-hydrogen) atoms. The lowest BCUT2D eigenvalue weighted by atomic mass is 10.3. The molecule has 118 valence electrons. The summed E-state index contributed by atoms with van der Waals surface area (Å²) in [6.07, 6.45) is 1.57. The number of ether oxygens (including phenoxy) is 1. The summed E-state index contributed by atoms with van der Waals surface area (Å²) in [7, 11) is 1.81. The van der Waals surface area contributed by atoms with Gasteiger partial charge in [0.25, 0.3) is 5.91 Å². The minimum absolute atomic E-state index is 0.151. The molecule has 3 aromatic rings. The Morgan fingerprint density at radius 1 is 1.39 bits per heavy atom. The molecule has 0 aliphatic heterocycles. The third kappa shape index (κ3) is 3.40. The summed E-state index contributed by atoms with van der Waals surface area (Å²) < 4.78 is 8.07. The van der Waals surface area contributed by atoms with E-state index in [0.29, 0.717) is 5.13 Å². The van der Waals surface area contributed by atoms with Gasteiger partial charge in [0.1, 0.15) is 0 Å². The van der Waals surface area contributed by atoms with E-state index in [-0.39, 0.29) is 23.7 Å². The first-order chi connectivity index (χ1) is 11.0. The molecule has 3 rings (SSSR count). The van der Waals surface area contributed by atoms with Crippen LogP contribution < -0.4 is 15.5 Å². The van der Waals surface area contributed by atoms with Gasteiger partial charge >= 0.3 is 0 Å². The van der Waals surface area contributed by atoms with Gasteiger partial charge in [-0.3, -0.25) is 14.9 Å². The third-order valence-corrected chi connectivity index (χ3v) is 4.30. The second-order valence-electron chi connectivity index (χ2n) is 5.08. The van der Waals surface area contributed by atoms with Gasteiger partial charge < -0.3 is 9.30 Å². The Balaban J connectivity index is 1.66. The van der Waals surface area contributed by atoms with Gasteiger partial charge in [0.2, 0.25) is 5.43 Å². The predicted octanol–water partition coefficient (Wildman–Crippen LogP) is 2.32. The molecule has 0 aliphatic carbocycles. The summed E-state index contributed by atoms with van der Waals surface area (Å²) in [5.41, 5.74) is 1.41. The first-order valence-electron chi connectivity index (χ1n) is 6.98. The highest BCUT2D eigenvalue weighted by Gasteiger charge is 2.10. The van der Waals surface area contributed by atoms with Crippen molar-refractivity contribution in [1.82, 2.24) is 9.55 Å². The Morgan fingerprint density at radius 2 is 2.17 bits per heavy atom. The number of para-hydroxylation sites is 1. The molecule has 2 heterocycles. The van der Waals surface area contributed by atoms with Gasteiger partial charge in [0.05, 0.1) is 10.2 Å². The quantitative estimate of drug-likeness (QED) is 0.797. The molecule has 7 heteroatoms. The molecule has 0 atom stereocenters. The largest absolute Gasteiger partial charge is 0.478 e. The van der Waals surface area contributed by atoms with E-state index in [0.717, 1.165) is 15.9 Å². The minimum atomic E-state index is -0.355. The number of aryl methyl sites for hydroxylation is 2. The summed E-state index contributed by atoms with van der Waals surface area (Å²) in [6.45, 7) is 1.58. The van der Waals surface area contributed by atoms with E-state index in [9.17, 15) is 9.59 Å². The maximum absolute atomic E-state index is 11.9. The van der Waals surface area contributed by atoms with Gasteiger partial charge in [-0.15, -0.1) is 0 Å². The van der Waals surface area contributed by atoms with E-state index in [4.69, 9.17) is 4.74 Å². The van der Waals surface area contributed by atoms with E-state index in [1.165, 1.54) is 17.4 Å². The standard InChI is InChI=1S/C16H15N3O3S/c1-10-7-12(20)13(8-19(10)2)22-9-15(21)18-16-17-11-5-3-4-6-14(11)23-16/h3-8H,9H2,1-2H3,(H,17,18,21). The van der Waals surface area contributed by atoms with Gasteiger partial charge in [-0.25, -0.2) is 4.98 Å². The Hall–Kier alpha value is -2.67. The number of rotatable bonds is 4. The lowest BCUT2D eigenvalue weighted by Crippen LogP contribution is -2.22. The lowest BCUT2D eigenvalue weighted by Gasteiger charge is -2.08. The van der Waals surface area contributed by atoms with E-state index < -0.39 is 0 Å². The van der Waals surface area contributed by atoms with E-state index >= 15 is 0 Å². The zero-order valence-corrected chi connectivity index (χ0v) is 13.5. The highest BCUT2D eigenvalue weighted by atomic mass is 32.1.